The van der Waals surface area contributed by atoms with Crippen molar-refractivity contribution in [2.45, 2.75) is 49.9 Å². The summed E-state index contributed by atoms with van der Waals surface area (Å²) >= 11 is 0. The first-order chi connectivity index (χ1) is 7.24. The fourth-order valence-electron chi connectivity index (χ4n) is 2.49. The third-order valence-electron chi connectivity index (χ3n) is 3.61. The van der Waals surface area contributed by atoms with Crippen LogP contribution in [0.1, 0.15) is 32.1 Å². The van der Waals surface area contributed by atoms with E-state index in [0.717, 1.165) is 19.4 Å². The average molecular weight is 215 g/mol. The summed E-state index contributed by atoms with van der Waals surface area (Å²) in [6.45, 7) is 1.14. The van der Waals surface area contributed by atoms with E-state index < -0.39 is 6.10 Å². The number of nitrogens with one attached hydrogen (secondary N) is 1. The summed E-state index contributed by atoms with van der Waals surface area (Å²) in [6, 6.07) is 0.445. The third kappa shape index (κ3) is 2.69. The lowest BCUT2D eigenvalue weighted by molar-refractivity contribution is -0.136. The zero-order chi connectivity index (χ0) is 10.7. The highest BCUT2D eigenvalue weighted by Crippen LogP contribution is 2.42. The molecule has 2 atom stereocenters. The fraction of sp³-hybridized carbons (Fsp3) is 1.00. The first-order valence-corrected chi connectivity index (χ1v) is 5.90. The lowest BCUT2D eigenvalue weighted by Gasteiger charge is -2.47. The molecule has 88 valence electrons. The number of hydrogen-bond donors (Lipinski definition) is 3. The Balaban J connectivity index is 1.73. The summed E-state index contributed by atoms with van der Waals surface area (Å²) in [4.78, 5) is 0. The van der Waals surface area contributed by atoms with E-state index in [4.69, 9.17) is 9.84 Å². The maximum absolute atomic E-state index is 9.25. The van der Waals surface area contributed by atoms with Crippen molar-refractivity contribution in [1.82, 2.24) is 5.32 Å². The predicted molar refractivity (Wildman–Crippen MR) is 56.7 cm³/mol. The van der Waals surface area contributed by atoms with Crippen molar-refractivity contribution in [2.24, 2.45) is 0 Å². The summed E-state index contributed by atoms with van der Waals surface area (Å²) in [6.07, 6.45) is 5.10. The van der Waals surface area contributed by atoms with E-state index in [1.807, 2.05) is 0 Å². The molecule has 0 amide bonds. The molecule has 0 radical (unpaired) electrons. The van der Waals surface area contributed by atoms with Crippen LogP contribution in [0.15, 0.2) is 0 Å². The molecule has 1 saturated carbocycles. The van der Waals surface area contributed by atoms with Crippen LogP contribution in [0.4, 0.5) is 0 Å². The Hall–Kier alpha value is -0.160. The van der Waals surface area contributed by atoms with Gasteiger partial charge in [-0.2, -0.15) is 0 Å². The van der Waals surface area contributed by atoms with Gasteiger partial charge in [0, 0.05) is 19.2 Å². The number of rotatable bonds is 4. The lowest BCUT2D eigenvalue weighted by Crippen LogP contribution is -2.52. The molecule has 2 unspecified atom stereocenters. The molecule has 1 spiro atoms. The Morgan fingerprint density at radius 3 is 2.87 bits per heavy atom. The van der Waals surface area contributed by atoms with Gasteiger partial charge in [0.05, 0.1) is 18.3 Å². The molecule has 0 aromatic carbocycles. The van der Waals surface area contributed by atoms with E-state index in [0.29, 0.717) is 12.6 Å². The Labute approximate surface area is 90.6 Å². The van der Waals surface area contributed by atoms with Gasteiger partial charge in [0.25, 0.3) is 0 Å². The van der Waals surface area contributed by atoms with Crippen LogP contribution < -0.4 is 5.32 Å². The summed E-state index contributed by atoms with van der Waals surface area (Å²) in [7, 11) is 0. The summed E-state index contributed by atoms with van der Waals surface area (Å²) in [5.41, 5.74) is 0.153. The van der Waals surface area contributed by atoms with Gasteiger partial charge in [-0.05, 0) is 32.1 Å². The molecule has 2 fully saturated rings. The van der Waals surface area contributed by atoms with Crippen LogP contribution in [0.5, 0.6) is 0 Å². The van der Waals surface area contributed by atoms with Gasteiger partial charge in [-0.15, -0.1) is 0 Å². The van der Waals surface area contributed by atoms with E-state index in [1.165, 1.54) is 19.3 Å². The minimum atomic E-state index is -0.634. The normalized spacial score (nSPS) is 31.2. The lowest BCUT2D eigenvalue weighted by atomic mass is 9.74. The Bertz CT molecular complexity index is 206. The minimum absolute atomic E-state index is 0.153. The topological polar surface area (TPSA) is 61.7 Å². The molecule has 4 nitrogen and oxygen atoms in total. The second kappa shape index (κ2) is 4.78. The van der Waals surface area contributed by atoms with Crippen LogP contribution in [0, 0.1) is 0 Å². The van der Waals surface area contributed by atoms with Gasteiger partial charge in [-0.25, -0.2) is 0 Å². The Morgan fingerprint density at radius 2 is 2.27 bits per heavy atom. The van der Waals surface area contributed by atoms with Crippen LogP contribution in [0.2, 0.25) is 0 Å². The van der Waals surface area contributed by atoms with Gasteiger partial charge < -0.3 is 20.3 Å². The van der Waals surface area contributed by atoms with E-state index in [9.17, 15) is 5.11 Å². The van der Waals surface area contributed by atoms with Crippen molar-refractivity contribution in [2.75, 3.05) is 19.8 Å². The van der Waals surface area contributed by atoms with Crippen LogP contribution in [-0.4, -0.2) is 47.7 Å². The average Bonchev–Trinajstić information content (AvgIpc) is 2.24. The molecule has 1 saturated heterocycles. The SMILES string of the molecule is OCC(O)CNC1CCOC2(CCC2)C1. The van der Waals surface area contributed by atoms with Gasteiger partial charge in [0.1, 0.15) is 0 Å². The fourth-order valence-corrected chi connectivity index (χ4v) is 2.49. The van der Waals surface area contributed by atoms with Gasteiger partial charge in [-0.1, -0.05) is 0 Å². The van der Waals surface area contributed by atoms with E-state index in [1.54, 1.807) is 0 Å². The first kappa shape index (κ1) is 11.3. The zero-order valence-electron chi connectivity index (χ0n) is 9.11. The van der Waals surface area contributed by atoms with Crippen molar-refractivity contribution in [3.8, 4) is 0 Å². The van der Waals surface area contributed by atoms with E-state index in [-0.39, 0.29) is 12.2 Å². The molecule has 1 aliphatic heterocycles. The van der Waals surface area contributed by atoms with Crippen molar-refractivity contribution in [1.29, 1.82) is 0 Å². The highest BCUT2D eigenvalue weighted by Gasteiger charge is 2.42. The monoisotopic (exact) mass is 215 g/mol. The van der Waals surface area contributed by atoms with Crippen molar-refractivity contribution in [3.05, 3.63) is 0 Å². The van der Waals surface area contributed by atoms with Gasteiger partial charge in [-0.3, -0.25) is 0 Å². The molecule has 0 aromatic heterocycles. The molecule has 15 heavy (non-hydrogen) atoms. The van der Waals surface area contributed by atoms with E-state index >= 15 is 0 Å². The molecule has 2 aliphatic rings. The molecular weight excluding hydrogens is 194 g/mol. The molecule has 1 aliphatic carbocycles. The van der Waals surface area contributed by atoms with Gasteiger partial charge in [0.15, 0.2) is 0 Å². The van der Waals surface area contributed by atoms with Crippen molar-refractivity contribution < 1.29 is 14.9 Å². The Morgan fingerprint density at radius 1 is 1.47 bits per heavy atom. The second-order valence-corrected chi connectivity index (χ2v) is 4.82. The summed E-state index contributed by atoms with van der Waals surface area (Å²) in [5, 5.41) is 21.3. The van der Waals surface area contributed by atoms with Crippen LogP contribution in [0.25, 0.3) is 0 Å². The standard InChI is InChI=1S/C11H21NO3/c13-8-10(14)7-12-9-2-5-15-11(6-9)3-1-4-11/h9-10,12-14H,1-8H2. The third-order valence-corrected chi connectivity index (χ3v) is 3.61. The predicted octanol–water partition coefficient (Wildman–Crippen LogP) is 0.0309. The molecule has 0 bridgehead atoms. The molecule has 2 rings (SSSR count). The zero-order valence-corrected chi connectivity index (χ0v) is 9.11. The smallest absolute Gasteiger partial charge is 0.0895 e. The van der Waals surface area contributed by atoms with Crippen molar-refractivity contribution in [3.63, 3.8) is 0 Å². The van der Waals surface area contributed by atoms with Gasteiger partial charge in [0.2, 0.25) is 0 Å². The number of aliphatic hydroxyl groups excluding tert-OH is 2. The Kier molecular flexibility index (Phi) is 3.61. The first-order valence-electron chi connectivity index (χ1n) is 5.90. The highest BCUT2D eigenvalue weighted by atomic mass is 16.5. The maximum Gasteiger partial charge on any atom is 0.0895 e. The highest BCUT2D eigenvalue weighted by molar-refractivity contribution is 4.96. The van der Waals surface area contributed by atoms with E-state index in [2.05, 4.69) is 5.32 Å². The maximum atomic E-state index is 9.25. The molecule has 3 N–H and O–H groups in total. The molecule has 4 heteroatoms. The minimum Gasteiger partial charge on any atom is -0.394 e. The molecule has 1 heterocycles. The molecular formula is C11H21NO3. The quantitative estimate of drug-likeness (QED) is 0.619. The van der Waals surface area contributed by atoms with Crippen LogP contribution >= 0.6 is 0 Å². The summed E-state index contributed by atoms with van der Waals surface area (Å²) in [5.74, 6) is 0. The second-order valence-electron chi connectivity index (χ2n) is 4.82. The van der Waals surface area contributed by atoms with Crippen molar-refractivity contribution >= 4 is 0 Å². The van der Waals surface area contributed by atoms with Crippen LogP contribution in [-0.2, 0) is 4.74 Å². The number of ether oxygens (including phenoxy) is 1. The van der Waals surface area contributed by atoms with Crippen LogP contribution in [0.3, 0.4) is 0 Å². The van der Waals surface area contributed by atoms with Gasteiger partial charge >= 0.3 is 0 Å². The number of aliphatic hydroxyl groups is 2. The number of hydrogen-bond acceptors (Lipinski definition) is 4. The molecule has 0 aromatic rings. The summed E-state index contributed by atoms with van der Waals surface area (Å²) < 4.78 is 5.81. The largest absolute Gasteiger partial charge is 0.394 e.